The molecule has 2 saturated carbocycles. The molecular weight excluding hydrogens is 248 g/mol. The molecule has 0 aromatic rings. The molecule has 6 atom stereocenters. The average molecular weight is 268 g/mol. The van der Waals surface area contributed by atoms with Gasteiger partial charge in [0.15, 0.2) is 0 Å². The van der Waals surface area contributed by atoms with Gasteiger partial charge in [-0.25, -0.2) is 4.79 Å². The molecule has 0 bridgehead atoms. The van der Waals surface area contributed by atoms with Crippen molar-refractivity contribution in [2.24, 2.45) is 0 Å². The monoisotopic (exact) mass is 268 g/mol. The molecule has 2 saturated heterocycles. The largest absolute Gasteiger partial charge is 0.461 e. The molecule has 6 unspecified atom stereocenters. The van der Waals surface area contributed by atoms with Crippen molar-refractivity contribution in [2.75, 3.05) is 6.61 Å². The average Bonchev–Trinajstić information content (AvgIpc) is 3.29. The van der Waals surface area contributed by atoms with Gasteiger partial charge in [0.2, 0.25) is 0 Å². The standard InChI is InChI=1S/C14H20O5/c15-14(17-9-2-4-11-13(6-9)19-11)7-16-8-1-3-10-12(5-8)18-10/h8-13H,1-7H2. The van der Waals surface area contributed by atoms with Gasteiger partial charge in [-0.3, -0.25) is 0 Å². The van der Waals surface area contributed by atoms with Gasteiger partial charge in [0, 0.05) is 12.8 Å². The second kappa shape index (κ2) is 4.72. The van der Waals surface area contributed by atoms with Crippen LogP contribution in [0.1, 0.15) is 38.5 Å². The molecule has 19 heavy (non-hydrogen) atoms. The van der Waals surface area contributed by atoms with E-state index in [-0.39, 0.29) is 24.8 Å². The molecule has 5 heteroatoms. The molecule has 0 aromatic heterocycles. The normalized spacial score (nSPS) is 46.9. The fraction of sp³-hybridized carbons (Fsp3) is 0.929. The number of hydrogen-bond donors (Lipinski definition) is 0. The van der Waals surface area contributed by atoms with Crippen LogP contribution in [0.3, 0.4) is 0 Å². The zero-order chi connectivity index (χ0) is 12.8. The van der Waals surface area contributed by atoms with Gasteiger partial charge in [-0.1, -0.05) is 0 Å². The van der Waals surface area contributed by atoms with Gasteiger partial charge in [0.1, 0.15) is 12.7 Å². The molecule has 0 amide bonds. The molecule has 2 heterocycles. The Balaban J connectivity index is 1.17. The van der Waals surface area contributed by atoms with Gasteiger partial charge < -0.3 is 18.9 Å². The maximum Gasteiger partial charge on any atom is 0.332 e. The van der Waals surface area contributed by atoms with E-state index in [1.807, 2.05) is 0 Å². The predicted molar refractivity (Wildman–Crippen MR) is 64.6 cm³/mol. The summed E-state index contributed by atoms with van der Waals surface area (Å²) in [4.78, 5) is 11.7. The van der Waals surface area contributed by atoms with E-state index >= 15 is 0 Å². The van der Waals surface area contributed by atoms with Crippen molar-refractivity contribution in [2.45, 2.75) is 75.1 Å². The number of carbonyl (C=O) groups excluding carboxylic acids is 1. The Labute approximate surface area is 112 Å². The second-order valence-electron chi connectivity index (χ2n) is 6.10. The molecule has 4 rings (SSSR count). The highest BCUT2D eigenvalue weighted by Crippen LogP contribution is 2.38. The van der Waals surface area contributed by atoms with Crippen LogP contribution in [0, 0.1) is 0 Å². The number of rotatable bonds is 4. The van der Waals surface area contributed by atoms with Gasteiger partial charge in [0.25, 0.3) is 0 Å². The van der Waals surface area contributed by atoms with E-state index in [4.69, 9.17) is 18.9 Å². The Bertz CT molecular complexity index is 371. The summed E-state index contributed by atoms with van der Waals surface area (Å²) < 4.78 is 21.9. The van der Waals surface area contributed by atoms with Crippen LogP contribution in [0.2, 0.25) is 0 Å². The summed E-state index contributed by atoms with van der Waals surface area (Å²) in [6.07, 6.45) is 7.63. The Hall–Kier alpha value is -0.650. The number of carbonyl (C=O) groups is 1. The summed E-state index contributed by atoms with van der Waals surface area (Å²) in [6, 6.07) is 0. The van der Waals surface area contributed by atoms with Crippen molar-refractivity contribution < 1.29 is 23.7 Å². The minimum absolute atomic E-state index is 0.0300. The molecule has 0 radical (unpaired) electrons. The fourth-order valence-electron chi connectivity index (χ4n) is 3.40. The third kappa shape index (κ3) is 2.78. The smallest absolute Gasteiger partial charge is 0.332 e. The van der Waals surface area contributed by atoms with E-state index in [2.05, 4.69) is 0 Å². The topological polar surface area (TPSA) is 60.6 Å². The number of epoxide rings is 2. The van der Waals surface area contributed by atoms with Crippen molar-refractivity contribution in [3.05, 3.63) is 0 Å². The summed E-state index contributed by atoms with van der Waals surface area (Å²) in [5.41, 5.74) is 0. The lowest BCUT2D eigenvalue weighted by Gasteiger charge is -2.22. The van der Waals surface area contributed by atoms with Crippen molar-refractivity contribution in [3.8, 4) is 0 Å². The maximum absolute atomic E-state index is 11.7. The molecular formula is C14H20O5. The molecule has 2 aliphatic heterocycles. The second-order valence-corrected chi connectivity index (χ2v) is 6.10. The number of hydrogen-bond acceptors (Lipinski definition) is 5. The van der Waals surface area contributed by atoms with Crippen LogP contribution in [0.5, 0.6) is 0 Å². The van der Waals surface area contributed by atoms with Gasteiger partial charge in [-0.15, -0.1) is 0 Å². The molecule has 0 spiro atoms. The van der Waals surface area contributed by atoms with E-state index in [1.165, 1.54) is 0 Å². The highest BCUT2D eigenvalue weighted by molar-refractivity contribution is 5.70. The highest BCUT2D eigenvalue weighted by atomic mass is 16.6. The maximum atomic E-state index is 11.7. The number of ether oxygens (including phenoxy) is 4. The summed E-state index contributed by atoms with van der Waals surface area (Å²) in [5.74, 6) is -0.233. The van der Waals surface area contributed by atoms with E-state index in [0.29, 0.717) is 24.4 Å². The van der Waals surface area contributed by atoms with Crippen LogP contribution in [-0.4, -0.2) is 49.2 Å². The van der Waals surface area contributed by atoms with Crippen LogP contribution >= 0.6 is 0 Å². The predicted octanol–water partition coefficient (Wildman–Crippen LogP) is 1.19. The van der Waals surface area contributed by atoms with Gasteiger partial charge in [-0.2, -0.15) is 0 Å². The number of fused-ring (bicyclic) bond motifs is 2. The summed E-state index contributed by atoms with van der Waals surface area (Å²) >= 11 is 0. The van der Waals surface area contributed by atoms with Gasteiger partial charge in [-0.05, 0) is 25.7 Å². The van der Waals surface area contributed by atoms with Crippen molar-refractivity contribution in [3.63, 3.8) is 0 Å². The lowest BCUT2D eigenvalue weighted by atomic mass is 9.98. The summed E-state index contributed by atoms with van der Waals surface area (Å²) in [6.45, 7) is 0.0769. The van der Waals surface area contributed by atoms with E-state index < -0.39 is 0 Å². The summed E-state index contributed by atoms with van der Waals surface area (Å²) in [5, 5.41) is 0. The van der Waals surface area contributed by atoms with Crippen molar-refractivity contribution >= 4 is 5.97 Å². The first-order valence-corrected chi connectivity index (χ1v) is 7.40. The molecule has 0 aromatic carbocycles. The first-order chi connectivity index (χ1) is 9.28. The molecule has 0 N–H and O–H groups in total. The van der Waals surface area contributed by atoms with Gasteiger partial charge in [0.05, 0.1) is 30.5 Å². The van der Waals surface area contributed by atoms with E-state index in [0.717, 1.165) is 38.5 Å². The number of esters is 1. The minimum Gasteiger partial charge on any atom is -0.461 e. The zero-order valence-electron chi connectivity index (χ0n) is 11.0. The SMILES string of the molecule is O=C(COC1CCC2OC2C1)OC1CCC2OC2C1. The van der Waals surface area contributed by atoms with Crippen LogP contribution in [0.25, 0.3) is 0 Å². The van der Waals surface area contributed by atoms with Crippen LogP contribution < -0.4 is 0 Å². The Morgan fingerprint density at radius 2 is 1.53 bits per heavy atom. The van der Waals surface area contributed by atoms with Crippen LogP contribution in [0.15, 0.2) is 0 Å². The van der Waals surface area contributed by atoms with Crippen molar-refractivity contribution in [1.29, 1.82) is 0 Å². The van der Waals surface area contributed by atoms with E-state index in [1.54, 1.807) is 0 Å². The fourth-order valence-corrected chi connectivity index (χ4v) is 3.40. The molecule has 4 aliphatic rings. The Morgan fingerprint density at radius 1 is 0.895 bits per heavy atom. The summed E-state index contributed by atoms with van der Waals surface area (Å²) in [7, 11) is 0. The van der Waals surface area contributed by atoms with Crippen LogP contribution in [0.4, 0.5) is 0 Å². The lowest BCUT2D eigenvalue weighted by Crippen LogP contribution is -2.29. The highest BCUT2D eigenvalue weighted by Gasteiger charge is 2.45. The Morgan fingerprint density at radius 3 is 2.21 bits per heavy atom. The first-order valence-electron chi connectivity index (χ1n) is 7.40. The van der Waals surface area contributed by atoms with E-state index in [9.17, 15) is 4.79 Å². The first kappa shape index (κ1) is 12.1. The third-order valence-corrected chi connectivity index (χ3v) is 4.65. The molecule has 5 nitrogen and oxygen atoms in total. The lowest BCUT2D eigenvalue weighted by molar-refractivity contribution is -0.158. The van der Waals surface area contributed by atoms with Crippen molar-refractivity contribution in [1.82, 2.24) is 0 Å². The zero-order valence-corrected chi connectivity index (χ0v) is 11.0. The van der Waals surface area contributed by atoms with Gasteiger partial charge >= 0.3 is 5.97 Å². The quantitative estimate of drug-likeness (QED) is 0.566. The molecule has 106 valence electrons. The van der Waals surface area contributed by atoms with Crippen LogP contribution in [-0.2, 0) is 23.7 Å². The molecule has 2 aliphatic carbocycles. The minimum atomic E-state index is -0.233. The third-order valence-electron chi connectivity index (χ3n) is 4.65. The Kier molecular flexibility index (Phi) is 3.01. The molecule has 4 fully saturated rings.